The molecular weight excluding hydrogens is 398 g/mol. The molecule has 1 fully saturated rings. The summed E-state index contributed by atoms with van der Waals surface area (Å²) < 4.78 is 11.8. The number of carbonyl (C=O) groups excluding carboxylic acids is 1. The van der Waals surface area contributed by atoms with Crippen LogP contribution in [0.2, 0.25) is 0 Å². The van der Waals surface area contributed by atoms with Crippen LogP contribution in [0.4, 0.5) is 5.13 Å². The number of aromatic nitrogens is 1. The Bertz CT molecular complexity index is 934. The van der Waals surface area contributed by atoms with E-state index >= 15 is 0 Å². The minimum absolute atomic E-state index is 0.0798. The van der Waals surface area contributed by atoms with Crippen LogP contribution in [0.15, 0.2) is 48.5 Å². The number of quaternary nitrogens is 1. The number of thiazole rings is 1. The number of para-hydroxylation sites is 1. The fraction of sp³-hybridized carbons (Fsp3) is 0.391. The summed E-state index contributed by atoms with van der Waals surface area (Å²) in [7, 11) is 1.64. The number of benzene rings is 2. The molecule has 1 aliphatic heterocycles. The Kier molecular flexibility index (Phi) is 6.94. The predicted octanol–water partition coefficient (Wildman–Crippen LogP) is 2.19. The van der Waals surface area contributed by atoms with Gasteiger partial charge >= 0.3 is 0 Å². The van der Waals surface area contributed by atoms with Crippen LogP contribution in [0.5, 0.6) is 5.75 Å². The Labute approximate surface area is 181 Å². The van der Waals surface area contributed by atoms with E-state index in [1.54, 1.807) is 23.3 Å². The molecule has 3 aromatic rings. The van der Waals surface area contributed by atoms with Crippen LogP contribution in [-0.4, -0.2) is 57.4 Å². The highest BCUT2D eigenvalue weighted by atomic mass is 32.1. The summed E-state index contributed by atoms with van der Waals surface area (Å²) in [6.07, 6.45) is 1.30. The Balaban J connectivity index is 1.48. The van der Waals surface area contributed by atoms with E-state index < -0.39 is 0 Å². The first-order chi connectivity index (χ1) is 14.7. The van der Waals surface area contributed by atoms with Gasteiger partial charge in [-0.1, -0.05) is 35.6 Å². The maximum Gasteiger partial charge on any atom is 0.233 e. The summed E-state index contributed by atoms with van der Waals surface area (Å²) in [5.74, 6) is 0.874. The van der Waals surface area contributed by atoms with Gasteiger partial charge < -0.3 is 14.4 Å². The SMILES string of the molecule is COc1ccc(CC(=O)N(CCC[NH+]2CCOCC2)c2nc3ccccc3s2)cc1. The zero-order chi connectivity index (χ0) is 20.8. The Morgan fingerprint density at radius 1 is 1.17 bits per heavy atom. The van der Waals surface area contributed by atoms with E-state index in [0.29, 0.717) is 13.0 Å². The first kappa shape index (κ1) is 20.8. The van der Waals surface area contributed by atoms with Crippen LogP contribution < -0.4 is 14.5 Å². The molecule has 2 aromatic carbocycles. The molecular formula is C23H28N3O3S+. The molecule has 0 spiro atoms. The maximum absolute atomic E-state index is 13.3. The largest absolute Gasteiger partial charge is 0.497 e. The number of amides is 1. The van der Waals surface area contributed by atoms with Crippen LogP contribution >= 0.6 is 11.3 Å². The van der Waals surface area contributed by atoms with E-state index in [0.717, 1.165) is 65.9 Å². The fourth-order valence-electron chi connectivity index (χ4n) is 3.71. The molecule has 30 heavy (non-hydrogen) atoms. The van der Waals surface area contributed by atoms with Crippen molar-refractivity contribution in [3.63, 3.8) is 0 Å². The molecule has 0 radical (unpaired) electrons. The van der Waals surface area contributed by atoms with Gasteiger partial charge in [0.05, 0.1) is 43.5 Å². The standard InChI is InChI=1S/C23H27N3O3S/c1-28-19-9-7-18(8-10-19)17-22(27)26(12-4-11-25-13-15-29-16-14-25)23-24-20-5-2-3-6-21(20)30-23/h2-3,5-10H,4,11-17H2,1H3/p+1. The minimum Gasteiger partial charge on any atom is -0.497 e. The second-order valence-electron chi connectivity index (χ2n) is 7.50. The smallest absolute Gasteiger partial charge is 0.233 e. The maximum atomic E-state index is 13.3. The van der Waals surface area contributed by atoms with Gasteiger partial charge in [-0.05, 0) is 29.8 Å². The molecule has 6 nitrogen and oxygen atoms in total. The van der Waals surface area contributed by atoms with E-state index in [1.165, 1.54) is 0 Å². The Morgan fingerprint density at radius 2 is 1.93 bits per heavy atom. The molecule has 0 unspecified atom stereocenters. The topological polar surface area (TPSA) is 56.1 Å². The average Bonchev–Trinajstić information content (AvgIpc) is 3.21. The number of nitrogens with zero attached hydrogens (tertiary/aromatic N) is 2. The van der Waals surface area contributed by atoms with Crippen LogP contribution in [0.3, 0.4) is 0 Å². The quantitative estimate of drug-likeness (QED) is 0.600. The zero-order valence-electron chi connectivity index (χ0n) is 17.3. The molecule has 1 saturated heterocycles. The van der Waals surface area contributed by atoms with Gasteiger partial charge in [-0.2, -0.15) is 0 Å². The van der Waals surface area contributed by atoms with Gasteiger partial charge in [0.2, 0.25) is 5.91 Å². The van der Waals surface area contributed by atoms with Crippen LogP contribution in [-0.2, 0) is 16.0 Å². The average molecular weight is 427 g/mol. The summed E-state index contributed by atoms with van der Waals surface area (Å²) in [6.45, 7) is 5.46. The highest BCUT2D eigenvalue weighted by molar-refractivity contribution is 7.22. The lowest BCUT2D eigenvalue weighted by atomic mass is 10.1. The van der Waals surface area contributed by atoms with E-state index in [4.69, 9.17) is 14.5 Å². The van der Waals surface area contributed by atoms with Crippen LogP contribution in [0.25, 0.3) is 10.2 Å². The van der Waals surface area contributed by atoms with Crippen molar-refractivity contribution in [2.75, 3.05) is 51.4 Å². The lowest BCUT2D eigenvalue weighted by molar-refractivity contribution is -0.908. The normalized spacial score (nSPS) is 14.7. The molecule has 0 bridgehead atoms. The molecule has 0 aliphatic carbocycles. The lowest BCUT2D eigenvalue weighted by Crippen LogP contribution is -3.14. The molecule has 4 rings (SSSR count). The number of anilines is 1. The third kappa shape index (κ3) is 5.16. The van der Waals surface area contributed by atoms with Crippen molar-refractivity contribution < 1.29 is 19.2 Å². The number of carbonyl (C=O) groups is 1. The molecule has 1 aliphatic rings. The fourth-order valence-corrected chi connectivity index (χ4v) is 4.72. The number of rotatable bonds is 8. The van der Waals surface area contributed by atoms with E-state index in [1.807, 2.05) is 47.4 Å². The molecule has 1 aromatic heterocycles. The second-order valence-corrected chi connectivity index (χ2v) is 8.51. The monoisotopic (exact) mass is 426 g/mol. The summed E-state index contributed by atoms with van der Waals surface area (Å²) in [4.78, 5) is 21.4. The molecule has 1 N–H and O–H groups in total. The first-order valence-corrected chi connectivity index (χ1v) is 11.2. The van der Waals surface area contributed by atoms with Crippen molar-refractivity contribution in [2.24, 2.45) is 0 Å². The molecule has 1 amide bonds. The van der Waals surface area contributed by atoms with Crippen molar-refractivity contribution in [3.8, 4) is 5.75 Å². The van der Waals surface area contributed by atoms with Crippen molar-refractivity contribution in [1.82, 2.24) is 4.98 Å². The minimum atomic E-state index is 0.0798. The third-order valence-corrected chi connectivity index (χ3v) is 6.50. The number of morpholine rings is 1. The van der Waals surface area contributed by atoms with Crippen molar-refractivity contribution in [1.29, 1.82) is 0 Å². The van der Waals surface area contributed by atoms with Crippen LogP contribution in [0.1, 0.15) is 12.0 Å². The molecule has 7 heteroatoms. The Morgan fingerprint density at radius 3 is 2.67 bits per heavy atom. The number of methoxy groups -OCH3 is 1. The number of nitrogens with one attached hydrogen (secondary N) is 1. The van der Waals surface area contributed by atoms with Gasteiger partial charge in [-0.15, -0.1) is 0 Å². The lowest BCUT2D eigenvalue weighted by Gasteiger charge is -2.25. The van der Waals surface area contributed by atoms with Gasteiger partial charge in [0, 0.05) is 13.0 Å². The van der Waals surface area contributed by atoms with E-state index in [2.05, 4.69) is 6.07 Å². The molecule has 0 saturated carbocycles. The van der Waals surface area contributed by atoms with Gasteiger partial charge in [0.15, 0.2) is 5.13 Å². The second kappa shape index (κ2) is 10.0. The molecule has 158 valence electrons. The summed E-state index contributed by atoms with van der Waals surface area (Å²) in [5.41, 5.74) is 1.92. The number of ether oxygens (including phenoxy) is 2. The zero-order valence-corrected chi connectivity index (χ0v) is 18.1. The van der Waals surface area contributed by atoms with E-state index in [9.17, 15) is 4.79 Å². The first-order valence-electron chi connectivity index (χ1n) is 10.4. The highest BCUT2D eigenvalue weighted by Gasteiger charge is 2.21. The summed E-state index contributed by atoms with van der Waals surface area (Å²) in [5, 5.41) is 0.784. The van der Waals surface area contributed by atoms with Gasteiger partial charge in [0.25, 0.3) is 0 Å². The van der Waals surface area contributed by atoms with Gasteiger partial charge in [0.1, 0.15) is 18.8 Å². The van der Waals surface area contributed by atoms with E-state index in [-0.39, 0.29) is 5.91 Å². The van der Waals surface area contributed by atoms with Crippen molar-refractivity contribution in [2.45, 2.75) is 12.8 Å². The molecule has 2 heterocycles. The summed E-state index contributed by atoms with van der Waals surface area (Å²) in [6, 6.07) is 15.7. The number of fused-ring (bicyclic) bond motifs is 1. The van der Waals surface area contributed by atoms with Crippen molar-refractivity contribution >= 4 is 32.6 Å². The molecule has 0 atom stereocenters. The highest BCUT2D eigenvalue weighted by Crippen LogP contribution is 2.29. The number of hydrogen-bond donors (Lipinski definition) is 1. The predicted molar refractivity (Wildman–Crippen MR) is 120 cm³/mol. The van der Waals surface area contributed by atoms with Crippen molar-refractivity contribution in [3.05, 3.63) is 54.1 Å². The number of hydrogen-bond acceptors (Lipinski definition) is 5. The summed E-state index contributed by atoms with van der Waals surface area (Å²) >= 11 is 1.58. The van der Waals surface area contributed by atoms with Crippen LogP contribution in [0, 0.1) is 0 Å². The van der Waals surface area contributed by atoms with Gasteiger partial charge in [-0.25, -0.2) is 4.98 Å². The van der Waals surface area contributed by atoms with Gasteiger partial charge in [-0.3, -0.25) is 9.69 Å². The third-order valence-electron chi connectivity index (χ3n) is 5.44. The Hall–Kier alpha value is -2.48.